The van der Waals surface area contributed by atoms with E-state index in [9.17, 15) is 9.59 Å². The summed E-state index contributed by atoms with van der Waals surface area (Å²) in [5.74, 6) is -1.42. The number of para-hydroxylation sites is 1. The van der Waals surface area contributed by atoms with Gasteiger partial charge in [0, 0.05) is 16.4 Å². The lowest BCUT2D eigenvalue weighted by atomic mass is 10.1. The van der Waals surface area contributed by atoms with Crippen LogP contribution in [0, 0.1) is 0 Å². The van der Waals surface area contributed by atoms with Gasteiger partial charge < -0.3 is 10.6 Å². The second-order valence-electron chi connectivity index (χ2n) is 4.43. The number of carbonyl (C=O) groups excluding carboxylic acids is 2. The summed E-state index contributed by atoms with van der Waals surface area (Å²) in [7, 11) is 0. The fraction of sp³-hybridized carbons (Fsp3) is 0.125. The highest BCUT2D eigenvalue weighted by Crippen LogP contribution is 2.16. The van der Waals surface area contributed by atoms with Gasteiger partial charge in [0.25, 0.3) is 0 Å². The zero-order valence-electron chi connectivity index (χ0n) is 11.5. The third-order valence-corrected chi connectivity index (χ3v) is 3.21. The predicted octanol–water partition coefficient (Wildman–Crippen LogP) is 3.48. The molecule has 0 unspecified atom stereocenters. The topological polar surface area (TPSA) is 58.2 Å². The van der Waals surface area contributed by atoms with E-state index in [0.29, 0.717) is 16.4 Å². The van der Waals surface area contributed by atoms with Gasteiger partial charge in [0.05, 0.1) is 0 Å². The van der Waals surface area contributed by atoms with E-state index in [-0.39, 0.29) is 0 Å². The Morgan fingerprint density at radius 3 is 2.24 bits per heavy atom. The summed E-state index contributed by atoms with van der Waals surface area (Å²) in [5.41, 5.74) is 2.14. The van der Waals surface area contributed by atoms with Crippen molar-refractivity contribution in [1.29, 1.82) is 0 Å². The van der Waals surface area contributed by atoms with E-state index in [1.54, 1.807) is 30.3 Å². The molecule has 2 aromatic rings. The molecule has 0 aliphatic rings. The van der Waals surface area contributed by atoms with E-state index in [0.717, 1.165) is 12.0 Å². The van der Waals surface area contributed by atoms with E-state index in [2.05, 4.69) is 10.6 Å². The maximum Gasteiger partial charge on any atom is 0.314 e. The van der Waals surface area contributed by atoms with Gasteiger partial charge in [0.2, 0.25) is 0 Å². The molecular formula is C16H15ClN2O2. The van der Waals surface area contributed by atoms with Crippen molar-refractivity contribution >= 4 is 34.8 Å². The fourth-order valence-electron chi connectivity index (χ4n) is 1.85. The number of halogens is 1. The van der Waals surface area contributed by atoms with E-state index >= 15 is 0 Å². The lowest BCUT2D eigenvalue weighted by molar-refractivity contribution is -0.133. The molecule has 0 atom stereocenters. The van der Waals surface area contributed by atoms with Gasteiger partial charge in [-0.3, -0.25) is 9.59 Å². The van der Waals surface area contributed by atoms with Crippen molar-refractivity contribution in [2.75, 3.05) is 10.6 Å². The number of nitrogens with one attached hydrogen (secondary N) is 2. The van der Waals surface area contributed by atoms with Gasteiger partial charge in [0.15, 0.2) is 0 Å². The molecule has 4 nitrogen and oxygen atoms in total. The van der Waals surface area contributed by atoms with Crippen molar-refractivity contribution in [3.8, 4) is 0 Å². The molecule has 108 valence electrons. The average molecular weight is 303 g/mol. The van der Waals surface area contributed by atoms with E-state index in [4.69, 9.17) is 11.6 Å². The fourth-order valence-corrected chi connectivity index (χ4v) is 1.98. The van der Waals surface area contributed by atoms with Crippen molar-refractivity contribution in [1.82, 2.24) is 0 Å². The minimum absolute atomic E-state index is 0.517. The molecule has 0 fully saturated rings. The molecule has 21 heavy (non-hydrogen) atoms. The summed E-state index contributed by atoms with van der Waals surface area (Å²) >= 11 is 5.76. The van der Waals surface area contributed by atoms with Crippen LogP contribution in [-0.2, 0) is 16.0 Å². The van der Waals surface area contributed by atoms with E-state index in [1.807, 2.05) is 25.1 Å². The quantitative estimate of drug-likeness (QED) is 0.853. The van der Waals surface area contributed by atoms with Crippen molar-refractivity contribution in [3.05, 3.63) is 59.1 Å². The van der Waals surface area contributed by atoms with Gasteiger partial charge >= 0.3 is 11.8 Å². The number of anilines is 2. The third kappa shape index (κ3) is 4.07. The van der Waals surface area contributed by atoms with Crippen molar-refractivity contribution in [2.45, 2.75) is 13.3 Å². The summed E-state index contributed by atoms with van der Waals surface area (Å²) in [6.07, 6.45) is 0.773. The standard InChI is InChI=1S/C16H15ClN2O2/c1-2-11-5-3-4-6-14(11)19-16(21)15(20)18-13-9-7-12(17)8-10-13/h3-10H,2H2,1H3,(H,18,20)(H,19,21). The number of carbonyl (C=O) groups is 2. The molecule has 0 bridgehead atoms. The zero-order chi connectivity index (χ0) is 15.2. The monoisotopic (exact) mass is 302 g/mol. The molecule has 5 heteroatoms. The molecule has 0 spiro atoms. The molecule has 0 saturated heterocycles. The zero-order valence-corrected chi connectivity index (χ0v) is 12.3. The van der Waals surface area contributed by atoms with Crippen molar-refractivity contribution in [3.63, 3.8) is 0 Å². The first-order chi connectivity index (χ1) is 10.1. The van der Waals surface area contributed by atoms with Gasteiger partial charge in [-0.25, -0.2) is 0 Å². The van der Waals surface area contributed by atoms with Gasteiger partial charge in [-0.05, 0) is 42.3 Å². The predicted molar refractivity (Wildman–Crippen MR) is 84.5 cm³/mol. The van der Waals surface area contributed by atoms with Crippen molar-refractivity contribution in [2.24, 2.45) is 0 Å². The second kappa shape index (κ2) is 6.90. The molecule has 0 heterocycles. The Bertz CT molecular complexity index is 654. The average Bonchev–Trinajstić information content (AvgIpc) is 2.50. The second-order valence-corrected chi connectivity index (χ2v) is 4.86. The summed E-state index contributed by atoms with van der Waals surface area (Å²) < 4.78 is 0. The Morgan fingerprint density at radius 1 is 0.952 bits per heavy atom. The normalized spacial score (nSPS) is 10.0. The molecule has 0 aliphatic heterocycles. The Labute approximate surface area is 128 Å². The van der Waals surface area contributed by atoms with Crippen LogP contribution in [0.25, 0.3) is 0 Å². The number of rotatable bonds is 3. The molecule has 0 aromatic heterocycles. The van der Waals surface area contributed by atoms with Crippen LogP contribution in [-0.4, -0.2) is 11.8 Å². The SMILES string of the molecule is CCc1ccccc1NC(=O)C(=O)Nc1ccc(Cl)cc1. The minimum Gasteiger partial charge on any atom is -0.318 e. The molecule has 0 radical (unpaired) electrons. The van der Waals surface area contributed by atoms with Gasteiger partial charge in [0.1, 0.15) is 0 Å². The van der Waals surface area contributed by atoms with Gasteiger partial charge in [-0.15, -0.1) is 0 Å². The summed E-state index contributed by atoms with van der Waals surface area (Å²) in [6.45, 7) is 1.98. The summed E-state index contributed by atoms with van der Waals surface area (Å²) in [5, 5.41) is 5.70. The molecule has 2 rings (SSSR count). The van der Waals surface area contributed by atoms with Crippen LogP contribution in [0.4, 0.5) is 11.4 Å². The Morgan fingerprint density at radius 2 is 1.57 bits per heavy atom. The summed E-state index contributed by atoms with van der Waals surface area (Å²) in [6, 6.07) is 13.9. The van der Waals surface area contributed by atoms with Crippen LogP contribution in [0.2, 0.25) is 5.02 Å². The Kier molecular flexibility index (Phi) is 4.95. The van der Waals surface area contributed by atoms with Crippen LogP contribution in [0.5, 0.6) is 0 Å². The molecule has 0 aliphatic carbocycles. The Hall–Kier alpha value is -2.33. The van der Waals surface area contributed by atoms with Gasteiger partial charge in [-0.2, -0.15) is 0 Å². The first kappa shape index (κ1) is 15.1. The lowest BCUT2D eigenvalue weighted by Gasteiger charge is -2.09. The highest BCUT2D eigenvalue weighted by molar-refractivity contribution is 6.43. The van der Waals surface area contributed by atoms with Crippen LogP contribution in [0.3, 0.4) is 0 Å². The molecule has 0 saturated carbocycles. The van der Waals surface area contributed by atoms with E-state index < -0.39 is 11.8 Å². The van der Waals surface area contributed by atoms with Crippen molar-refractivity contribution < 1.29 is 9.59 Å². The smallest absolute Gasteiger partial charge is 0.314 e. The van der Waals surface area contributed by atoms with Crippen LogP contribution >= 0.6 is 11.6 Å². The highest BCUT2D eigenvalue weighted by Gasteiger charge is 2.15. The minimum atomic E-state index is -0.719. The van der Waals surface area contributed by atoms with Crippen LogP contribution in [0.15, 0.2) is 48.5 Å². The largest absolute Gasteiger partial charge is 0.318 e. The maximum atomic E-state index is 11.9. The van der Waals surface area contributed by atoms with Crippen LogP contribution < -0.4 is 10.6 Å². The first-order valence-corrected chi connectivity index (χ1v) is 6.93. The number of amides is 2. The molecule has 2 amide bonds. The van der Waals surface area contributed by atoms with E-state index in [1.165, 1.54) is 0 Å². The number of hydrogen-bond acceptors (Lipinski definition) is 2. The Balaban J connectivity index is 2.02. The number of aryl methyl sites for hydroxylation is 1. The first-order valence-electron chi connectivity index (χ1n) is 6.56. The highest BCUT2D eigenvalue weighted by atomic mass is 35.5. The molecule has 2 aromatic carbocycles. The number of benzene rings is 2. The van der Waals surface area contributed by atoms with Gasteiger partial charge in [-0.1, -0.05) is 36.7 Å². The maximum absolute atomic E-state index is 11.9. The molecule has 2 N–H and O–H groups in total. The molecular weight excluding hydrogens is 288 g/mol. The van der Waals surface area contributed by atoms with Crippen LogP contribution in [0.1, 0.15) is 12.5 Å². The third-order valence-electron chi connectivity index (χ3n) is 2.95. The lowest BCUT2D eigenvalue weighted by Crippen LogP contribution is -2.29. The summed E-state index contributed by atoms with van der Waals surface area (Å²) in [4.78, 5) is 23.7. The number of hydrogen-bond donors (Lipinski definition) is 2.